The van der Waals surface area contributed by atoms with Gasteiger partial charge in [0.05, 0.1) is 13.7 Å². The van der Waals surface area contributed by atoms with Crippen LogP contribution in [0, 0.1) is 0 Å². The predicted molar refractivity (Wildman–Crippen MR) is 142 cm³/mol. The standard InChI is InChI=1S/C27H30O17/c1-39-12-4-8(2-3-10(12)29)23-24(17(32)15-11(30)5-9(28)6-13(15)41-23)43-27-22(37)18(33)16(31)14(42-27)7-40-26-21(36)19(34)20(35)25(38)44-26/h2-6,14,16,18-22,25-31,33-38H,7H2,1H3. The van der Waals surface area contributed by atoms with Gasteiger partial charge in [0.15, 0.2) is 29.8 Å². The van der Waals surface area contributed by atoms with Crippen LogP contribution in [0.3, 0.4) is 0 Å². The van der Waals surface area contributed by atoms with Crippen LogP contribution in [0.2, 0.25) is 0 Å². The molecule has 2 aromatic carbocycles. The van der Waals surface area contributed by atoms with Crippen LogP contribution in [0.15, 0.2) is 39.5 Å². The maximum absolute atomic E-state index is 13.6. The zero-order chi connectivity index (χ0) is 32.0. The van der Waals surface area contributed by atoms with E-state index in [1.54, 1.807) is 0 Å². The second-order valence-corrected chi connectivity index (χ2v) is 10.1. The molecule has 3 aromatic rings. The normalized spacial score (nSPS) is 32.5. The Morgan fingerprint density at radius 1 is 0.773 bits per heavy atom. The topological polar surface area (TPSA) is 279 Å². The van der Waals surface area contributed by atoms with E-state index in [-0.39, 0.29) is 28.4 Å². The van der Waals surface area contributed by atoms with E-state index in [0.29, 0.717) is 0 Å². The number of methoxy groups -OCH3 is 1. The summed E-state index contributed by atoms with van der Waals surface area (Å²) in [7, 11) is 1.27. The lowest BCUT2D eigenvalue weighted by Crippen LogP contribution is -2.62. The molecule has 1 aromatic heterocycles. The van der Waals surface area contributed by atoms with Gasteiger partial charge in [0, 0.05) is 17.7 Å². The van der Waals surface area contributed by atoms with Crippen molar-refractivity contribution >= 4 is 11.0 Å². The Labute approximate surface area is 246 Å². The third-order valence-electron chi connectivity index (χ3n) is 7.23. The summed E-state index contributed by atoms with van der Waals surface area (Å²) in [5.41, 5.74) is -1.19. The molecule has 10 atom stereocenters. The molecule has 0 spiro atoms. The molecule has 2 fully saturated rings. The minimum Gasteiger partial charge on any atom is -0.508 e. The summed E-state index contributed by atoms with van der Waals surface area (Å²) in [6, 6.07) is 5.74. The molecule has 240 valence electrons. The van der Waals surface area contributed by atoms with Crippen LogP contribution in [0.1, 0.15) is 0 Å². The van der Waals surface area contributed by atoms with Crippen LogP contribution >= 0.6 is 0 Å². The van der Waals surface area contributed by atoms with E-state index in [1.165, 1.54) is 25.3 Å². The molecule has 3 heterocycles. The monoisotopic (exact) mass is 626 g/mol. The van der Waals surface area contributed by atoms with Crippen molar-refractivity contribution in [1.82, 2.24) is 0 Å². The number of phenols is 3. The van der Waals surface area contributed by atoms with Gasteiger partial charge in [0.25, 0.3) is 0 Å². The fourth-order valence-electron chi connectivity index (χ4n) is 4.81. The third-order valence-corrected chi connectivity index (χ3v) is 7.23. The van der Waals surface area contributed by atoms with Crippen LogP contribution in [-0.2, 0) is 14.2 Å². The zero-order valence-electron chi connectivity index (χ0n) is 22.7. The summed E-state index contributed by atoms with van der Waals surface area (Å²) >= 11 is 0. The third kappa shape index (κ3) is 5.73. The van der Waals surface area contributed by atoms with Gasteiger partial charge in [0.2, 0.25) is 17.5 Å². The molecule has 0 amide bonds. The summed E-state index contributed by atoms with van der Waals surface area (Å²) in [4.78, 5) is 13.6. The number of aliphatic hydroxyl groups excluding tert-OH is 7. The summed E-state index contributed by atoms with van der Waals surface area (Å²) < 4.78 is 32.4. The van der Waals surface area contributed by atoms with E-state index in [2.05, 4.69) is 0 Å². The summed E-state index contributed by atoms with van der Waals surface area (Å²) in [6.07, 6.45) is -18.4. The molecule has 10 N–H and O–H groups in total. The van der Waals surface area contributed by atoms with E-state index in [0.717, 1.165) is 12.1 Å². The molecule has 5 rings (SSSR count). The number of rotatable bonds is 7. The van der Waals surface area contributed by atoms with E-state index in [4.69, 9.17) is 28.1 Å². The highest BCUT2D eigenvalue weighted by molar-refractivity contribution is 5.88. The van der Waals surface area contributed by atoms with Crippen LogP contribution in [0.5, 0.6) is 28.7 Å². The number of hydrogen-bond acceptors (Lipinski definition) is 17. The summed E-state index contributed by atoms with van der Waals surface area (Å²) in [5, 5.41) is 101. The van der Waals surface area contributed by atoms with E-state index < -0.39 is 96.3 Å². The van der Waals surface area contributed by atoms with Gasteiger partial charge in [-0.2, -0.15) is 0 Å². The number of phenolic OH excluding ortho intramolecular Hbond substituents is 3. The number of aromatic hydroxyl groups is 3. The van der Waals surface area contributed by atoms with Crippen molar-refractivity contribution in [3.8, 4) is 40.1 Å². The first-order valence-electron chi connectivity index (χ1n) is 13.1. The highest BCUT2D eigenvalue weighted by atomic mass is 16.8. The van der Waals surface area contributed by atoms with E-state index in [9.17, 15) is 55.9 Å². The lowest BCUT2D eigenvalue weighted by molar-refractivity contribution is -0.350. The fraction of sp³-hybridized carbons (Fsp3) is 0.444. The molecule has 2 aliphatic rings. The smallest absolute Gasteiger partial charge is 0.239 e. The molecular weight excluding hydrogens is 596 g/mol. The maximum Gasteiger partial charge on any atom is 0.239 e. The molecule has 17 nitrogen and oxygen atoms in total. The highest BCUT2D eigenvalue weighted by Crippen LogP contribution is 2.39. The van der Waals surface area contributed by atoms with Crippen LogP contribution in [0.25, 0.3) is 22.3 Å². The lowest BCUT2D eigenvalue weighted by atomic mass is 9.99. The number of benzene rings is 2. The molecular formula is C27H30O17. The molecule has 2 saturated heterocycles. The van der Waals surface area contributed by atoms with Crippen molar-refractivity contribution in [2.75, 3.05) is 13.7 Å². The first-order chi connectivity index (χ1) is 20.8. The Bertz CT molecular complexity index is 1560. The first kappa shape index (κ1) is 31.7. The van der Waals surface area contributed by atoms with E-state index in [1.807, 2.05) is 0 Å². The molecule has 0 radical (unpaired) electrons. The average Bonchev–Trinajstić information content (AvgIpc) is 2.98. The predicted octanol–water partition coefficient (Wildman–Crippen LogP) is -2.45. The molecule has 44 heavy (non-hydrogen) atoms. The fourth-order valence-corrected chi connectivity index (χ4v) is 4.81. The Morgan fingerprint density at radius 3 is 2.16 bits per heavy atom. The number of fused-ring (bicyclic) bond motifs is 1. The molecule has 10 unspecified atom stereocenters. The summed E-state index contributed by atoms with van der Waals surface area (Å²) in [5.74, 6) is -2.41. The zero-order valence-corrected chi connectivity index (χ0v) is 22.7. The molecule has 0 saturated carbocycles. The van der Waals surface area contributed by atoms with Gasteiger partial charge in [-0.3, -0.25) is 4.79 Å². The van der Waals surface area contributed by atoms with Gasteiger partial charge in [-0.25, -0.2) is 0 Å². The minimum atomic E-state index is -1.98. The largest absolute Gasteiger partial charge is 0.508 e. The van der Waals surface area contributed by atoms with Gasteiger partial charge >= 0.3 is 0 Å². The van der Waals surface area contributed by atoms with Crippen molar-refractivity contribution in [2.24, 2.45) is 0 Å². The number of ether oxygens (including phenoxy) is 5. The van der Waals surface area contributed by atoms with Crippen molar-refractivity contribution in [3.05, 3.63) is 40.6 Å². The van der Waals surface area contributed by atoms with Crippen molar-refractivity contribution in [1.29, 1.82) is 0 Å². The number of aliphatic hydroxyl groups is 7. The van der Waals surface area contributed by atoms with Gasteiger partial charge in [-0.05, 0) is 18.2 Å². The van der Waals surface area contributed by atoms with Crippen molar-refractivity contribution in [3.63, 3.8) is 0 Å². The summed E-state index contributed by atoms with van der Waals surface area (Å²) in [6.45, 7) is -0.698. The van der Waals surface area contributed by atoms with Gasteiger partial charge in [-0.15, -0.1) is 0 Å². The molecule has 2 aliphatic heterocycles. The maximum atomic E-state index is 13.6. The SMILES string of the molecule is COc1cc(-c2oc3cc(O)cc(O)c3c(=O)c2OC2OC(COC3OC(O)C(O)C(O)C3O)C(O)C(O)C2O)ccc1O. The Kier molecular flexibility index (Phi) is 8.87. The van der Waals surface area contributed by atoms with Crippen LogP contribution in [0.4, 0.5) is 0 Å². The lowest BCUT2D eigenvalue weighted by Gasteiger charge is -2.42. The Morgan fingerprint density at radius 2 is 1.45 bits per heavy atom. The average molecular weight is 627 g/mol. The first-order valence-corrected chi connectivity index (χ1v) is 13.1. The van der Waals surface area contributed by atoms with Crippen LogP contribution < -0.4 is 14.9 Å². The quantitative estimate of drug-likeness (QED) is 0.130. The number of hydrogen-bond donors (Lipinski definition) is 10. The van der Waals surface area contributed by atoms with Crippen LogP contribution in [-0.4, -0.2) is 126 Å². The Hall–Kier alpha value is -3.75. The molecule has 17 heteroatoms. The molecule has 0 bridgehead atoms. The second-order valence-electron chi connectivity index (χ2n) is 10.1. The van der Waals surface area contributed by atoms with Crippen molar-refractivity contribution in [2.45, 2.75) is 61.6 Å². The second kappa shape index (κ2) is 12.3. The minimum absolute atomic E-state index is 0.0328. The van der Waals surface area contributed by atoms with Gasteiger partial charge < -0.3 is 79.2 Å². The highest BCUT2D eigenvalue weighted by Gasteiger charge is 2.48. The van der Waals surface area contributed by atoms with E-state index >= 15 is 0 Å². The molecule has 0 aliphatic carbocycles. The van der Waals surface area contributed by atoms with Crippen molar-refractivity contribution < 1.29 is 79.2 Å². The Balaban J connectivity index is 1.49. The van der Waals surface area contributed by atoms with Gasteiger partial charge in [0.1, 0.15) is 65.2 Å². The van der Waals surface area contributed by atoms with Gasteiger partial charge in [-0.1, -0.05) is 0 Å².